The zero-order valence-corrected chi connectivity index (χ0v) is 15.7. The number of rotatable bonds is 3. The fraction of sp³-hybridized carbons (Fsp3) is 1.00. The first-order valence-electron chi connectivity index (χ1n) is 10.1. The molecule has 1 heteroatoms. The molecule has 0 aromatic heterocycles. The Labute approximate surface area is 133 Å². The van der Waals surface area contributed by atoms with Gasteiger partial charge in [0.15, 0.2) is 0 Å². The van der Waals surface area contributed by atoms with E-state index in [0.717, 1.165) is 17.0 Å². The zero-order valence-electron chi connectivity index (χ0n) is 14.8. The molecule has 0 N–H and O–H groups in total. The molecule has 3 rings (SSSR count). The summed E-state index contributed by atoms with van der Waals surface area (Å²) in [5, 5.41) is 0. The van der Waals surface area contributed by atoms with Crippen LogP contribution in [-0.2, 0) is 0 Å². The molecule has 0 radical (unpaired) electrons. The van der Waals surface area contributed by atoms with Gasteiger partial charge < -0.3 is 0 Å². The van der Waals surface area contributed by atoms with E-state index in [1.165, 1.54) is 19.3 Å². The molecule has 3 aliphatic rings. The fourth-order valence-corrected chi connectivity index (χ4v) is 14.4. The van der Waals surface area contributed by atoms with E-state index >= 15 is 0 Å². The summed E-state index contributed by atoms with van der Waals surface area (Å²) in [6, 6.07) is 0. The first-order valence-corrected chi connectivity index (χ1v) is 13.5. The summed E-state index contributed by atoms with van der Waals surface area (Å²) in [5.74, 6) is 0. The quantitative estimate of drug-likeness (QED) is 0.503. The second-order valence-corrected chi connectivity index (χ2v) is 16.4. The van der Waals surface area contributed by atoms with Crippen LogP contribution in [0.3, 0.4) is 0 Å². The van der Waals surface area contributed by atoms with Gasteiger partial charge >= 0.3 is 133 Å². The van der Waals surface area contributed by atoms with E-state index in [-0.39, 0.29) is 0 Å². The average molecular weight is 311 g/mol. The topological polar surface area (TPSA) is 0 Å². The molecule has 0 aliphatic heterocycles. The summed E-state index contributed by atoms with van der Waals surface area (Å²) in [6.45, 7) is 4.28. The molecule has 3 aliphatic carbocycles. The summed E-state index contributed by atoms with van der Waals surface area (Å²) in [7, 11) is 0. The van der Waals surface area contributed by atoms with Gasteiger partial charge in [-0.25, -0.2) is 0 Å². The van der Waals surface area contributed by atoms with Gasteiger partial charge in [0.05, 0.1) is 0 Å². The van der Waals surface area contributed by atoms with Crippen molar-refractivity contribution in [2.45, 2.75) is 113 Å². The van der Waals surface area contributed by atoms with Crippen LogP contribution in [0.2, 0.25) is 0 Å². The third-order valence-electron chi connectivity index (χ3n) is 8.18. The van der Waals surface area contributed by atoms with E-state index in [4.69, 9.17) is 0 Å². The molecule has 0 aromatic carbocycles. The van der Waals surface area contributed by atoms with E-state index in [0.29, 0.717) is 0 Å². The Hall–Kier alpha value is 0.430. The van der Waals surface area contributed by atoms with Crippen molar-refractivity contribution in [1.82, 2.24) is 0 Å². The van der Waals surface area contributed by atoms with Gasteiger partial charge in [-0.2, -0.15) is 0 Å². The van der Waals surface area contributed by atoms with Crippen molar-refractivity contribution in [3.8, 4) is 0 Å². The molecule has 0 spiro atoms. The van der Waals surface area contributed by atoms with Crippen molar-refractivity contribution in [3.05, 3.63) is 0 Å². The molecule has 0 heterocycles. The maximum atomic E-state index is 2.91. The molecule has 0 nitrogen and oxygen atoms in total. The maximum absolute atomic E-state index is 2.91. The van der Waals surface area contributed by atoms with E-state index in [1.54, 1.807) is 77.0 Å². The second kappa shape index (κ2) is 6.51. The molecule has 0 saturated heterocycles. The van der Waals surface area contributed by atoms with Gasteiger partial charge in [0.25, 0.3) is 0 Å². The van der Waals surface area contributed by atoms with Crippen LogP contribution < -0.4 is 0 Å². The van der Waals surface area contributed by atoms with E-state index in [1.807, 2.05) is 0 Å². The Morgan fingerprint density at radius 2 is 0.667 bits per heavy atom. The van der Waals surface area contributed by atoms with Crippen molar-refractivity contribution >= 4 is 6.60 Å². The SMILES string of the molecule is CP(C)(C1CCCCC1)(C1CCCCC1)C1CCCCC1. The average Bonchev–Trinajstić information content (AvgIpc) is 2.57. The van der Waals surface area contributed by atoms with Crippen LogP contribution in [0, 0.1) is 0 Å². The van der Waals surface area contributed by atoms with Crippen molar-refractivity contribution < 1.29 is 0 Å². The van der Waals surface area contributed by atoms with Crippen molar-refractivity contribution in [1.29, 1.82) is 0 Å². The summed E-state index contributed by atoms with van der Waals surface area (Å²) in [5.41, 5.74) is 3.45. The van der Waals surface area contributed by atoms with Gasteiger partial charge in [-0.15, -0.1) is 0 Å². The van der Waals surface area contributed by atoms with Crippen LogP contribution in [0.5, 0.6) is 0 Å². The van der Waals surface area contributed by atoms with Crippen LogP contribution >= 0.6 is 6.60 Å². The Morgan fingerprint density at radius 3 is 0.905 bits per heavy atom. The molecule has 21 heavy (non-hydrogen) atoms. The Balaban J connectivity index is 1.90. The molecule has 0 atom stereocenters. The first-order chi connectivity index (χ1) is 10.1. The third-order valence-corrected chi connectivity index (χ3v) is 16.6. The molecule has 0 aromatic rings. The van der Waals surface area contributed by atoms with Crippen LogP contribution in [0.15, 0.2) is 0 Å². The summed E-state index contributed by atoms with van der Waals surface area (Å²) >= 11 is 0. The third kappa shape index (κ3) is 2.96. The summed E-state index contributed by atoms with van der Waals surface area (Å²) in [4.78, 5) is 0. The standard InChI is InChI=1S/C20H39P/c1-21(2,18-12-6-3-7-13-18,19-14-8-4-9-15-19)20-16-10-5-11-17-20/h18-20H,3-17H2,1-2H3. The minimum atomic E-state index is -1.54. The predicted molar refractivity (Wildman–Crippen MR) is 99.4 cm³/mol. The van der Waals surface area contributed by atoms with Gasteiger partial charge in [0.1, 0.15) is 0 Å². The molecular weight excluding hydrogens is 271 g/mol. The molecule has 3 saturated carbocycles. The molecule has 3 fully saturated rings. The Kier molecular flexibility index (Phi) is 5.05. The normalized spacial score (nSPS) is 29.9. The number of hydrogen-bond donors (Lipinski definition) is 0. The van der Waals surface area contributed by atoms with Crippen LogP contribution in [0.25, 0.3) is 0 Å². The van der Waals surface area contributed by atoms with E-state index in [9.17, 15) is 0 Å². The van der Waals surface area contributed by atoms with Crippen molar-refractivity contribution in [2.75, 3.05) is 13.3 Å². The first kappa shape index (κ1) is 16.3. The molecule has 124 valence electrons. The van der Waals surface area contributed by atoms with Crippen molar-refractivity contribution in [3.63, 3.8) is 0 Å². The minimum absolute atomic E-state index is 1.15. The van der Waals surface area contributed by atoms with Gasteiger partial charge in [-0.3, -0.25) is 0 Å². The van der Waals surface area contributed by atoms with Gasteiger partial charge in [0, 0.05) is 0 Å². The summed E-state index contributed by atoms with van der Waals surface area (Å²) in [6.07, 6.45) is 23.4. The second-order valence-electron chi connectivity index (χ2n) is 9.32. The monoisotopic (exact) mass is 310 g/mol. The fourth-order valence-electron chi connectivity index (χ4n) is 6.58. The Bertz CT molecular complexity index is 275. The van der Waals surface area contributed by atoms with E-state index in [2.05, 4.69) is 13.3 Å². The van der Waals surface area contributed by atoms with Crippen LogP contribution in [0.1, 0.15) is 96.3 Å². The molecular formula is C20H39P. The van der Waals surface area contributed by atoms with Crippen molar-refractivity contribution in [2.24, 2.45) is 0 Å². The molecule has 0 amide bonds. The predicted octanol–water partition coefficient (Wildman–Crippen LogP) is 6.80. The van der Waals surface area contributed by atoms with Crippen LogP contribution in [-0.4, -0.2) is 30.3 Å². The zero-order chi connectivity index (χ0) is 14.8. The van der Waals surface area contributed by atoms with Gasteiger partial charge in [-0.1, -0.05) is 0 Å². The summed E-state index contributed by atoms with van der Waals surface area (Å²) < 4.78 is 0. The molecule has 0 bridgehead atoms. The van der Waals surface area contributed by atoms with E-state index < -0.39 is 6.60 Å². The Morgan fingerprint density at radius 1 is 0.429 bits per heavy atom. The van der Waals surface area contributed by atoms with Crippen LogP contribution in [0.4, 0.5) is 0 Å². The van der Waals surface area contributed by atoms with Gasteiger partial charge in [0.2, 0.25) is 0 Å². The number of hydrogen-bond acceptors (Lipinski definition) is 0. The van der Waals surface area contributed by atoms with Gasteiger partial charge in [-0.05, 0) is 0 Å². The molecule has 0 unspecified atom stereocenters.